The first kappa shape index (κ1) is 13.4. The van der Waals surface area contributed by atoms with Crippen LogP contribution in [0.15, 0.2) is 0 Å². The highest BCUT2D eigenvalue weighted by Crippen LogP contribution is 2.48. The molecule has 0 aromatic rings. The molecule has 1 amide bonds. The first-order valence-corrected chi connectivity index (χ1v) is 8.02. The van der Waals surface area contributed by atoms with Crippen LogP contribution in [0, 0.1) is 17.8 Å². The van der Waals surface area contributed by atoms with Crippen molar-refractivity contribution in [1.29, 1.82) is 0 Å². The molecular formula is C15H27N2O2+. The molecule has 0 spiro atoms. The molecule has 4 heteroatoms. The molecule has 2 N–H and O–H groups in total. The van der Waals surface area contributed by atoms with Crippen molar-refractivity contribution in [2.45, 2.75) is 32.1 Å². The van der Waals surface area contributed by atoms with Crippen LogP contribution >= 0.6 is 0 Å². The molecule has 2 bridgehead atoms. The third-order valence-electron chi connectivity index (χ3n) is 5.28. The Hall–Kier alpha value is -0.610. The molecule has 1 aliphatic heterocycles. The van der Waals surface area contributed by atoms with E-state index in [0.29, 0.717) is 17.7 Å². The van der Waals surface area contributed by atoms with E-state index >= 15 is 0 Å². The largest absolute Gasteiger partial charge is 0.370 e. The molecule has 3 atom stereocenters. The van der Waals surface area contributed by atoms with Crippen LogP contribution in [0.4, 0.5) is 0 Å². The Kier molecular flexibility index (Phi) is 4.38. The topological polar surface area (TPSA) is 42.8 Å². The van der Waals surface area contributed by atoms with Crippen LogP contribution in [0.3, 0.4) is 0 Å². The van der Waals surface area contributed by atoms with Gasteiger partial charge in [-0.3, -0.25) is 4.79 Å². The molecule has 0 aromatic heterocycles. The first-order chi connectivity index (χ1) is 9.33. The predicted molar refractivity (Wildman–Crippen MR) is 72.9 cm³/mol. The highest BCUT2D eigenvalue weighted by Gasteiger charge is 2.42. The molecule has 19 heavy (non-hydrogen) atoms. The van der Waals surface area contributed by atoms with E-state index in [1.807, 2.05) is 0 Å². The lowest BCUT2D eigenvalue weighted by Crippen LogP contribution is -3.14. The molecule has 3 fully saturated rings. The summed E-state index contributed by atoms with van der Waals surface area (Å²) in [6.07, 6.45) is 6.23. The van der Waals surface area contributed by atoms with Crippen molar-refractivity contribution in [2.24, 2.45) is 17.8 Å². The Labute approximate surface area is 115 Å². The van der Waals surface area contributed by atoms with Gasteiger partial charge < -0.3 is 15.0 Å². The lowest BCUT2D eigenvalue weighted by Gasteiger charge is -2.24. The van der Waals surface area contributed by atoms with Crippen LogP contribution in [0.25, 0.3) is 0 Å². The van der Waals surface area contributed by atoms with Crippen molar-refractivity contribution >= 4 is 5.91 Å². The van der Waals surface area contributed by atoms with Gasteiger partial charge in [-0.2, -0.15) is 0 Å². The second-order valence-electron chi connectivity index (χ2n) is 6.54. The Morgan fingerprint density at radius 1 is 1.21 bits per heavy atom. The maximum Gasteiger partial charge on any atom is 0.223 e. The molecule has 3 rings (SSSR count). The van der Waals surface area contributed by atoms with Crippen molar-refractivity contribution in [3.8, 4) is 0 Å². The zero-order chi connectivity index (χ0) is 13.1. The van der Waals surface area contributed by atoms with E-state index in [0.717, 1.165) is 51.6 Å². The van der Waals surface area contributed by atoms with Gasteiger partial charge in [-0.05, 0) is 31.1 Å². The standard InChI is InChI=1S/C15H26N2O2/c18-15(14-11-12-2-3-13(14)10-12)16-4-1-5-17-6-8-19-9-7-17/h12-14H,1-11H2,(H,16,18)/p+1/t12-,13+,14-/m1/s1. The molecule has 0 radical (unpaired) electrons. The summed E-state index contributed by atoms with van der Waals surface area (Å²) in [5.41, 5.74) is 0. The van der Waals surface area contributed by atoms with E-state index in [1.54, 1.807) is 4.90 Å². The van der Waals surface area contributed by atoms with Crippen LogP contribution in [-0.4, -0.2) is 45.3 Å². The number of rotatable bonds is 5. The number of ether oxygens (including phenoxy) is 1. The SMILES string of the molecule is O=C(NCCC[NH+]1CCOCC1)[C@@H]1C[C@@H]2CC[C@H]1C2. The fraction of sp³-hybridized carbons (Fsp3) is 0.933. The van der Waals surface area contributed by atoms with Gasteiger partial charge in [-0.25, -0.2) is 0 Å². The van der Waals surface area contributed by atoms with E-state index in [1.165, 1.54) is 25.8 Å². The summed E-state index contributed by atoms with van der Waals surface area (Å²) in [4.78, 5) is 13.8. The van der Waals surface area contributed by atoms with Gasteiger partial charge in [-0.15, -0.1) is 0 Å². The lowest BCUT2D eigenvalue weighted by molar-refractivity contribution is -0.908. The summed E-state index contributed by atoms with van der Waals surface area (Å²) in [7, 11) is 0. The number of hydrogen-bond acceptors (Lipinski definition) is 2. The molecule has 2 aliphatic carbocycles. The van der Waals surface area contributed by atoms with Crippen molar-refractivity contribution in [1.82, 2.24) is 5.32 Å². The van der Waals surface area contributed by atoms with E-state index in [9.17, 15) is 4.79 Å². The van der Waals surface area contributed by atoms with Gasteiger partial charge in [-0.1, -0.05) is 6.42 Å². The summed E-state index contributed by atoms with van der Waals surface area (Å²) in [6, 6.07) is 0. The van der Waals surface area contributed by atoms with Crippen LogP contribution in [-0.2, 0) is 9.53 Å². The van der Waals surface area contributed by atoms with Crippen molar-refractivity contribution in [3.63, 3.8) is 0 Å². The zero-order valence-electron chi connectivity index (χ0n) is 11.8. The average Bonchev–Trinajstić information content (AvgIpc) is 3.07. The smallest absolute Gasteiger partial charge is 0.223 e. The summed E-state index contributed by atoms with van der Waals surface area (Å²) in [5.74, 6) is 2.24. The molecule has 3 aliphatic rings. The highest BCUT2D eigenvalue weighted by atomic mass is 16.5. The second kappa shape index (κ2) is 6.23. The van der Waals surface area contributed by atoms with Crippen LogP contribution < -0.4 is 10.2 Å². The lowest BCUT2D eigenvalue weighted by atomic mass is 9.88. The van der Waals surface area contributed by atoms with E-state index in [2.05, 4.69) is 5.32 Å². The number of carbonyl (C=O) groups is 1. The van der Waals surface area contributed by atoms with Gasteiger partial charge in [0, 0.05) is 18.9 Å². The Bertz CT molecular complexity index is 315. The van der Waals surface area contributed by atoms with Gasteiger partial charge in [0.15, 0.2) is 0 Å². The molecule has 4 nitrogen and oxygen atoms in total. The van der Waals surface area contributed by atoms with Crippen molar-refractivity contribution in [2.75, 3.05) is 39.4 Å². The third kappa shape index (κ3) is 3.29. The average molecular weight is 267 g/mol. The maximum atomic E-state index is 12.1. The number of quaternary nitrogens is 1. The minimum atomic E-state index is 0.337. The molecule has 1 saturated heterocycles. The molecule has 108 valence electrons. The second-order valence-corrected chi connectivity index (χ2v) is 6.54. The monoisotopic (exact) mass is 267 g/mol. The molecule has 0 aromatic carbocycles. The minimum absolute atomic E-state index is 0.337. The molecule has 1 heterocycles. The third-order valence-corrected chi connectivity index (χ3v) is 5.28. The number of fused-ring (bicyclic) bond motifs is 2. The predicted octanol–water partition coefficient (Wildman–Crippen LogP) is -0.156. The van der Waals surface area contributed by atoms with Crippen molar-refractivity contribution < 1.29 is 14.4 Å². The van der Waals surface area contributed by atoms with Gasteiger partial charge in [0.05, 0.1) is 19.8 Å². The van der Waals surface area contributed by atoms with Crippen LogP contribution in [0.5, 0.6) is 0 Å². The minimum Gasteiger partial charge on any atom is -0.370 e. The van der Waals surface area contributed by atoms with Crippen molar-refractivity contribution in [3.05, 3.63) is 0 Å². The Morgan fingerprint density at radius 3 is 2.74 bits per heavy atom. The maximum absolute atomic E-state index is 12.1. The van der Waals surface area contributed by atoms with E-state index < -0.39 is 0 Å². The van der Waals surface area contributed by atoms with E-state index in [4.69, 9.17) is 4.74 Å². The normalized spacial score (nSPS) is 34.6. The number of carbonyl (C=O) groups excluding carboxylic acids is 1. The zero-order valence-corrected chi connectivity index (χ0v) is 11.8. The highest BCUT2D eigenvalue weighted by molar-refractivity contribution is 5.79. The van der Waals surface area contributed by atoms with Gasteiger partial charge in [0.2, 0.25) is 5.91 Å². The van der Waals surface area contributed by atoms with Gasteiger partial charge in [0.25, 0.3) is 0 Å². The Morgan fingerprint density at radius 2 is 2.05 bits per heavy atom. The number of nitrogens with one attached hydrogen (secondary N) is 2. The summed E-state index contributed by atoms with van der Waals surface area (Å²) in [6.45, 7) is 6.07. The first-order valence-electron chi connectivity index (χ1n) is 8.02. The van der Waals surface area contributed by atoms with E-state index in [-0.39, 0.29) is 0 Å². The quantitative estimate of drug-likeness (QED) is 0.680. The Balaban J connectivity index is 1.30. The molecule has 2 saturated carbocycles. The number of hydrogen-bond donors (Lipinski definition) is 2. The summed E-state index contributed by atoms with van der Waals surface area (Å²) in [5, 5.41) is 3.17. The van der Waals surface area contributed by atoms with Crippen LogP contribution in [0.2, 0.25) is 0 Å². The van der Waals surface area contributed by atoms with Gasteiger partial charge in [0.1, 0.15) is 13.1 Å². The summed E-state index contributed by atoms with van der Waals surface area (Å²) >= 11 is 0. The van der Waals surface area contributed by atoms with Crippen LogP contribution in [0.1, 0.15) is 32.1 Å². The van der Waals surface area contributed by atoms with Gasteiger partial charge >= 0.3 is 0 Å². The number of morpholine rings is 1. The fourth-order valence-electron chi connectivity index (χ4n) is 4.16. The number of amides is 1. The summed E-state index contributed by atoms with van der Waals surface area (Å²) < 4.78 is 5.35. The fourth-order valence-corrected chi connectivity index (χ4v) is 4.16. The molecular weight excluding hydrogens is 240 g/mol. The molecule has 0 unspecified atom stereocenters.